The van der Waals surface area contributed by atoms with Gasteiger partial charge in [0.05, 0.1) is 17.9 Å². The number of piperidine rings is 1. The van der Waals surface area contributed by atoms with E-state index in [-0.39, 0.29) is 23.9 Å². The van der Waals surface area contributed by atoms with Gasteiger partial charge in [0.2, 0.25) is 0 Å². The van der Waals surface area contributed by atoms with Gasteiger partial charge in [0, 0.05) is 19.3 Å². The number of carbonyl (C=O) groups excluding carboxylic acids is 1. The van der Waals surface area contributed by atoms with Gasteiger partial charge in [-0.1, -0.05) is 6.92 Å². The quantitative estimate of drug-likeness (QED) is 0.796. The highest BCUT2D eigenvalue weighted by Gasteiger charge is 2.28. The number of likely N-dealkylation sites (tertiary alicyclic amines) is 1. The SMILES string of the molecule is CC1CCN(C(=O)c2ccncc2F)CC1O. The second kappa shape index (κ2) is 4.79. The lowest BCUT2D eigenvalue weighted by atomic mass is 9.95. The zero-order valence-electron chi connectivity index (χ0n) is 9.64. The van der Waals surface area contributed by atoms with Crippen LogP contribution in [0, 0.1) is 11.7 Å². The van der Waals surface area contributed by atoms with Crippen LogP contribution in [0.1, 0.15) is 23.7 Å². The van der Waals surface area contributed by atoms with Crippen LogP contribution in [0.15, 0.2) is 18.5 Å². The van der Waals surface area contributed by atoms with E-state index in [0.717, 1.165) is 12.6 Å². The predicted molar refractivity (Wildman–Crippen MR) is 59.9 cm³/mol. The Bertz CT molecular complexity index is 425. The second-order valence-electron chi connectivity index (χ2n) is 4.44. The van der Waals surface area contributed by atoms with Crippen molar-refractivity contribution in [3.8, 4) is 0 Å². The van der Waals surface area contributed by atoms with Gasteiger partial charge >= 0.3 is 0 Å². The highest BCUT2D eigenvalue weighted by Crippen LogP contribution is 2.19. The van der Waals surface area contributed by atoms with Gasteiger partial charge in [0.1, 0.15) is 0 Å². The third-order valence-electron chi connectivity index (χ3n) is 3.21. The number of β-amino-alcohol motifs (C(OH)–C–C–N with tert-alkyl or cyclic N) is 1. The number of nitrogens with zero attached hydrogens (tertiary/aromatic N) is 2. The van der Waals surface area contributed by atoms with Crippen LogP contribution in [0.2, 0.25) is 0 Å². The Balaban J connectivity index is 2.14. The van der Waals surface area contributed by atoms with E-state index in [2.05, 4.69) is 4.98 Å². The summed E-state index contributed by atoms with van der Waals surface area (Å²) in [5, 5.41) is 9.71. The Kier molecular flexibility index (Phi) is 3.38. The molecule has 5 heteroatoms. The number of amides is 1. The number of carbonyl (C=O) groups is 1. The molecule has 92 valence electrons. The average Bonchev–Trinajstić information content (AvgIpc) is 2.32. The van der Waals surface area contributed by atoms with E-state index in [4.69, 9.17) is 0 Å². The maximum Gasteiger partial charge on any atom is 0.257 e. The Morgan fingerprint density at radius 3 is 3.06 bits per heavy atom. The molecule has 1 aliphatic rings. The summed E-state index contributed by atoms with van der Waals surface area (Å²) in [7, 11) is 0. The molecule has 0 spiro atoms. The van der Waals surface area contributed by atoms with E-state index in [9.17, 15) is 14.3 Å². The molecule has 4 nitrogen and oxygen atoms in total. The number of halogens is 1. The molecule has 2 heterocycles. The van der Waals surface area contributed by atoms with Crippen LogP contribution in [0.4, 0.5) is 4.39 Å². The Labute approximate surface area is 99.1 Å². The van der Waals surface area contributed by atoms with Crippen molar-refractivity contribution in [3.05, 3.63) is 29.8 Å². The van der Waals surface area contributed by atoms with Gasteiger partial charge in [0.25, 0.3) is 5.91 Å². The molecule has 0 saturated carbocycles. The summed E-state index contributed by atoms with van der Waals surface area (Å²) in [6.45, 7) is 2.76. The molecule has 17 heavy (non-hydrogen) atoms. The fourth-order valence-electron chi connectivity index (χ4n) is 1.95. The molecule has 1 aromatic heterocycles. The molecule has 1 saturated heterocycles. The van der Waals surface area contributed by atoms with Crippen LogP contribution in [0.5, 0.6) is 0 Å². The second-order valence-corrected chi connectivity index (χ2v) is 4.44. The summed E-state index contributed by atoms with van der Waals surface area (Å²) in [6, 6.07) is 1.36. The lowest BCUT2D eigenvalue weighted by Crippen LogP contribution is -2.46. The minimum atomic E-state index is -0.620. The molecular formula is C12H15FN2O2. The average molecular weight is 238 g/mol. The molecule has 2 unspecified atom stereocenters. The molecule has 0 bridgehead atoms. The van der Waals surface area contributed by atoms with Crippen molar-refractivity contribution in [2.75, 3.05) is 13.1 Å². The number of aliphatic hydroxyl groups excluding tert-OH is 1. The topological polar surface area (TPSA) is 53.4 Å². The molecular weight excluding hydrogens is 223 g/mol. The summed E-state index contributed by atoms with van der Waals surface area (Å²) < 4.78 is 13.4. The Morgan fingerprint density at radius 1 is 1.65 bits per heavy atom. The lowest BCUT2D eigenvalue weighted by Gasteiger charge is -2.34. The predicted octanol–water partition coefficient (Wildman–Crippen LogP) is 1.06. The maximum absolute atomic E-state index is 13.4. The standard InChI is InChI=1S/C12H15FN2O2/c1-8-3-5-15(7-11(8)16)12(17)9-2-4-14-6-10(9)13/h2,4,6,8,11,16H,3,5,7H2,1H3. The van der Waals surface area contributed by atoms with E-state index in [1.54, 1.807) is 0 Å². The van der Waals surface area contributed by atoms with Crippen LogP contribution in [-0.4, -0.2) is 40.1 Å². The first-order valence-corrected chi connectivity index (χ1v) is 5.66. The van der Waals surface area contributed by atoms with Crippen LogP contribution in [-0.2, 0) is 0 Å². The van der Waals surface area contributed by atoms with Crippen molar-refractivity contribution in [1.29, 1.82) is 0 Å². The fourth-order valence-corrected chi connectivity index (χ4v) is 1.95. The molecule has 1 N–H and O–H groups in total. The van der Waals surface area contributed by atoms with Crippen LogP contribution < -0.4 is 0 Å². The van der Waals surface area contributed by atoms with E-state index >= 15 is 0 Å². The maximum atomic E-state index is 13.4. The van der Waals surface area contributed by atoms with Crippen molar-refractivity contribution in [2.24, 2.45) is 5.92 Å². The van der Waals surface area contributed by atoms with E-state index in [0.29, 0.717) is 6.54 Å². The number of hydrogen-bond acceptors (Lipinski definition) is 3. The smallest absolute Gasteiger partial charge is 0.257 e. The van der Waals surface area contributed by atoms with Crippen molar-refractivity contribution >= 4 is 5.91 Å². The van der Waals surface area contributed by atoms with Crippen molar-refractivity contribution < 1.29 is 14.3 Å². The number of hydrogen-bond donors (Lipinski definition) is 1. The number of aromatic nitrogens is 1. The van der Waals surface area contributed by atoms with Crippen LogP contribution in [0.25, 0.3) is 0 Å². The minimum absolute atomic E-state index is 0.0155. The Hall–Kier alpha value is -1.49. The normalized spacial score (nSPS) is 24.8. The number of aliphatic hydroxyl groups is 1. The largest absolute Gasteiger partial charge is 0.391 e. The van der Waals surface area contributed by atoms with Crippen molar-refractivity contribution in [2.45, 2.75) is 19.4 Å². The third kappa shape index (κ3) is 2.44. The number of rotatable bonds is 1. The Morgan fingerprint density at radius 2 is 2.41 bits per heavy atom. The van der Waals surface area contributed by atoms with Gasteiger partial charge < -0.3 is 10.0 Å². The molecule has 0 radical (unpaired) electrons. The van der Waals surface area contributed by atoms with Gasteiger partial charge in [-0.25, -0.2) is 4.39 Å². The van der Waals surface area contributed by atoms with Crippen LogP contribution in [0.3, 0.4) is 0 Å². The van der Waals surface area contributed by atoms with Gasteiger partial charge in [-0.15, -0.1) is 0 Å². The lowest BCUT2D eigenvalue weighted by molar-refractivity contribution is 0.0246. The molecule has 2 atom stereocenters. The minimum Gasteiger partial charge on any atom is -0.391 e. The summed E-state index contributed by atoms with van der Waals surface area (Å²) in [5.74, 6) is -0.817. The molecule has 1 aromatic rings. The van der Waals surface area contributed by atoms with Gasteiger partial charge in [-0.2, -0.15) is 0 Å². The first-order chi connectivity index (χ1) is 8.09. The van der Waals surface area contributed by atoms with Gasteiger partial charge in [-0.3, -0.25) is 9.78 Å². The zero-order chi connectivity index (χ0) is 12.4. The highest BCUT2D eigenvalue weighted by atomic mass is 19.1. The summed E-state index contributed by atoms with van der Waals surface area (Å²) in [5.41, 5.74) is 0.0155. The molecule has 1 amide bonds. The molecule has 1 aliphatic heterocycles. The molecule has 0 aromatic carbocycles. The third-order valence-corrected chi connectivity index (χ3v) is 3.21. The van der Waals surface area contributed by atoms with Crippen molar-refractivity contribution in [3.63, 3.8) is 0 Å². The molecule has 2 rings (SSSR count). The highest BCUT2D eigenvalue weighted by molar-refractivity contribution is 5.94. The van der Waals surface area contributed by atoms with Crippen molar-refractivity contribution in [1.82, 2.24) is 9.88 Å². The van der Waals surface area contributed by atoms with Crippen LogP contribution >= 0.6 is 0 Å². The summed E-state index contributed by atoms with van der Waals surface area (Å²) >= 11 is 0. The van der Waals surface area contributed by atoms with E-state index < -0.39 is 11.9 Å². The molecule has 1 fully saturated rings. The fraction of sp³-hybridized carbons (Fsp3) is 0.500. The zero-order valence-corrected chi connectivity index (χ0v) is 9.64. The summed E-state index contributed by atoms with van der Waals surface area (Å²) in [4.78, 5) is 17.1. The first kappa shape index (κ1) is 12.0. The molecule has 0 aliphatic carbocycles. The van der Waals surface area contributed by atoms with Gasteiger partial charge in [0.15, 0.2) is 5.82 Å². The van der Waals surface area contributed by atoms with Gasteiger partial charge in [-0.05, 0) is 18.4 Å². The number of pyridine rings is 1. The van der Waals surface area contributed by atoms with E-state index in [1.807, 2.05) is 6.92 Å². The summed E-state index contributed by atoms with van der Waals surface area (Å²) in [6.07, 6.45) is 2.62. The first-order valence-electron chi connectivity index (χ1n) is 5.66. The monoisotopic (exact) mass is 238 g/mol. The van der Waals surface area contributed by atoms with E-state index in [1.165, 1.54) is 17.2 Å².